The normalized spacial score (nSPS) is 16.3. The highest BCUT2D eigenvalue weighted by atomic mass is 19.1. The first-order valence-corrected chi connectivity index (χ1v) is 17.2. The van der Waals surface area contributed by atoms with Crippen LogP contribution in [-0.4, -0.2) is 90.3 Å². The SMILES string of the molecule is CN1CCCC1CCNC(=O)[C@@H](Cc1ccc(F)cc1)N(C)C(=O)[C@@H](Cc1ccc(-c2ccccc2)cc1)N(C)C(=O)/C=C/CC(C)(C)N. The van der Waals surface area contributed by atoms with Crippen molar-refractivity contribution in [3.05, 3.63) is 108 Å². The molecule has 3 aromatic carbocycles. The van der Waals surface area contributed by atoms with Crippen molar-refractivity contribution in [2.75, 3.05) is 34.2 Å². The van der Waals surface area contributed by atoms with Crippen molar-refractivity contribution in [2.24, 2.45) is 5.73 Å². The lowest BCUT2D eigenvalue weighted by Gasteiger charge is -2.34. The number of nitrogens with one attached hydrogen (secondary N) is 1. The van der Waals surface area contributed by atoms with E-state index in [1.54, 1.807) is 32.3 Å². The Labute approximate surface area is 291 Å². The maximum atomic E-state index is 14.5. The Morgan fingerprint density at radius 1 is 0.918 bits per heavy atom. The van der Waals surface area contributed by atoms with E-state index in [1.165, 1.54) is 28.0 Å². The molecule has 1 saturated heterocycles. The topological polar surface area (TPSA) is 99.0 Å². The maximum absolute atomic E-state index is 14.5. The van der Waals surface area contributed by atoms with E-state index in [0.29, 0.717) is 19.0 Å². The van der Waals surface area contributed by atoms with E-state index in [9.17, 15) is 18.8 Å². The van der Waals surface area contributed by atoms with Crippen LogP contribution in [0.2, 0.25) is 0 Å². The lowest BCUT2D eigenvalue weighted by Crippen LogP contribution is -2.56. The number of carbonyl (C=O) groups excluding carboxylic acids is 3. The van der Waals surface area contributed by atoms with Crippen molar-refractivity contribution in [3.63, 3.8) is 0 Å². The third-order valence-corrected chi connectivity index (χ3v) is 9.40. The first-order chi connectivity index (χ1) is 23.3. The van der Waals surface area contributed by atoms with Crippen molar-refractivity contribution in [1.82, 2.24) is 20.0 Å². The number of hydrogen-bond acceptors (Lipinski definition) is 5. The van der Waals surface area contributed by atoms with Gasteiger partial charge in [0.1, 0.15) is 17.9 Å². The van der Waals surface area contributed by atoms with Gasteiger partial charge in [-0.05, 0) is 93.6 Å². The molecular formula is C40H52FN5O3. The van der Waals surface area contributed by atoms with E-state index in [2.05, 4.69) is 17.3 Å². The third-order valence-electron chi connectivity index (χ3n) is 9.40. The molecule has 3 atom stereocenters. The second kappa shape index (κ2) is 17.4. The van der Waals surface area contributed by atoms with Gasteiger partial charge in [0.25, 0.3) is 0 Å². The third kappa shape index (κ3) is 11.1. The minimum absolute atomic E-state index is 0.194. The zero-order valence-corrected chi connectivity index (χ0v) is 29.6. The zero-order chi connectivity index (χ0) is 35.6. The summed E-state index contributed by atoms with van der Waals surface area (Å²) in [5, 5.41) is 3.06. The maximum Gasteiger partial charge on any atom is 0.246 e. The van der Waals surface area contributed by atoms with Crippen LogP contribution >= 0.6 is 0 Å². The number of nitrogens with zero attached hydrogens (tertiary/aromatic N) is 3. The van der Waals surface area contributed by atoms with Gasteiger partial charge in [-0.25, -0.2) is 4.39 Å². The molecule has 3 amide bonds. The Hall–Kier alpha value is -4.34. The molecule has 9 heteroatoms. The molecule has 0 aromatic heterocycles. The smallest absolute Gasteiger partial charge is 0.246 e. The summed E-state index contributed by atoms with van der Waals surface area (Å²) in [5.74, 6) is -1.37. The Balaban J connectivity index is 1.59. The molecule has 8 nitrogen and oxygen atoms in total. The monoisotopic (exact) mass is 669 g/mol. The van der Waals surface area contributed by atoms with E-state index in [0.717, 1.165) is 48.1 Å². The largest absolute Gasteiger partial charge is 0.354 e. The van der Waals surface area contributed by atoms with Gasteiger partial charge in [0, 0.05) is 45.1 Å². The summed E-state index contributed by atoms with van der Waals surface area (Å²) in [6.45, 7) is 5.28. The number of benzene rings is 3. The molecule has 0 radical (unpaired) electrons. The summed E-state index contributed by atoms with van der Waals surface area (Å²) in [7, 11) is 5.32. The number of likely N-dealkylation sites (tertiary alicyclic amines) is 1. The quantitative estimate of drug-likeness (QED) is 0.217. The molecule has 3 N–H and O–H groups in total. The lowest BCUT2D eigenvalue weighted by atomic mass is 9.98. The number of amides is 3. The molecule has 4 rings (SSSR count). The van der Waals surface area contributed by atoms with Gasteiger partial charge in [-0.15, -0.1) is 0 Å². The van der Waals surface area contributed by atoms with Crippen molar-refractivity contribution in [1.29, 1.82) is 0 Å². The molecule has 3 aromatic rings. The molecule has 0 bridgehead atoms. The predicted octanol–water partition coefficient (Wildman–Crippen LogP) is 5.22. The molecule has 1 fully saturated rings. The van der Waals surface area contributed by atoms with Gasteiger partial charge < -0.3 is 25.8 Å². The molecule has 1 aliphatic heterocycles. The first-order valence-electron chi connectivity index (χ1n) is 17.2. The van der Waals surface area contributed by atoms with E-state index in [1.807, 2.05) is 68.4 Å². The molecule has 1 unspecified atom stereocenters. The summed E-state index contributed by atoms with van der Waals surface area (Å²) in [6, 6.07) is 22.6. The second-order valence-corrected chi connectivity index (χ2v) is 14.0. The molecule has 49 heavy (non-hydrogen) atoms. The van der Waals surface area contributed by atoms with Gasteiger partial charge >= 0.3 is 0 Å². The Morgan fingerprint density at radius 3 is 2.10 bits per heavy atom. The van der Waals surface area contributed by atoms with Gasteiger partial charge in [-0.3, -0.25) is 14.4 Å². The summed E-state index contributed by atoms with van der Waals surface area (Å²) in [5.41, 5.74) is 9.35. The minimum atomic E-state index is -0.897. The van der Waals surface area contributed by atoms with Crippen LogP contribution in [0.4, 0.5) is 4.39 Å². The highest BCUT2D eigenvalue weighted by Gasteiger charge is 2.35. The fourth-order valence-corrected chi connectivity index (χ4v) is 6.27. The van der Waals surface area contributed by atoms with Crippen LogP contribution in [0.5, 0.6) is 0 Å². The van der Waals surface area contributed by atoms with Crippen LogP contribution in [0.1, 0.15) is 50.7 Å². The summed E-state index contributed by atoms with van der Waals surface area (Å²) < 4.78 is 13.8. The molecule has 0 aliphatic carbocycles. The Kier molecular flexibility index (Phi) is 13.3. The van der Waals surface area contributed by atoms with Gasteiger partial charge in [0.2, 0.25) is 17.7 Å². The standard InChI is InChI=1S/C40H52FN5O3/c1-40(2,42)24-9-14-37(47)45(4)36(28-29-15-19-32(20-16-29)31-11-7-6-8-12-31)39(49)46(5)35(27-30-17-21-33(41)22-18-30)38(48)43-25-23-34-13-10-26-44(34)3/h6-9,11-12,14-22,34-36H,10,13,23-28,42H2,1-5H3,(H,43,48)/b14-9+/t34?,35-,36-/m1/s1. The van der Waals surface area contributed by atoms with E-state index in [4.69, 9.17) is 5.73 Å². The molecular weight excluding hydrogens is 617 g/mol. The van der Waals surface area contributed by atoms with E-state index < -0.39 is 17.6 Å². The number of nitrogens with two attached hydrogens (primary N) is 1. The number of hydrogen-bond donors (Lipinski definition) is 2. The van der Waals surface area contributed by atoms with Crippen molar-refractivity contribution < 1.29 is 18.8 Å². The van der Waals surface area contributed by atoms with Crippen LogP contribution in [0.15, 0.2) is 91.0 Å². The summed E-state index contributed by atoms with van der Waals surface area (Å²) in [6.07, 6.45) is 7.16. The van der Waals surface area contributed by atoms with E-state index in [-0.39, 0.29) is 36.4 Å². The van der Waals surface area contributed by atoms with Crippen molar-refractivity contribution in [2.45, 2.75) is 76.0 Å². The van der Waals surface area contributed by atoms with Crippen molar-refractivity contribution in [3.8, 4) is 11.1 Å². The summed E-state index contributed by atoms with van der Waals surface area (Å²) >= 11 is 0. The predicted molar refractivity (Wildman–Crippen MR) is 194 cm³/mol. The number of halogens is 1. The second-order valence-electron chi connectivity index (χ2n) is 14.0. The molecule has 0 saturated carbocycles. The fraction of sp³-hybridized carbons (Fsp3) is 0.425. The Morgan fingerprint density at radius 2 is 1.51 bits per heavy atom. The lowest BCUT2D eigenvalue weighted by molar-refractivity contribution is -0.146. The average molecular weight is 670 g/mol. The van der Waals surface area contributed by atoms with Crippen LogP contribution in [0.3, 0.4) is 0 Å². The number of rotatable bonds is 15. The average Bonchev–Trinajstić information content (AvgIpc) is 3.50. The van der Waals surface area contributed by atoms with Gasteiger partial charge in [0.05, 0.1) is 0 Å². The Bertz CT molecular complexity index is 1550. The fourth-order valence-electron chi connectivity index (χ4n) is 6.27. The minimum Gasteiger partial charge on any atom is -0.354 e. The van der Waals surface area contributed by atoms with Gasteiger partial charge in [0.15, 0.2) is 0 Å². The molecule has 262 valence electrons. The molecule has 1 aliphatic rings. The highest BCUT2D eigenvalue weighted by molar-refractivity contribution is 5.95. The van der Waals surface area contributed by atoms with Crippen LogP contribution in [0, 0.1) is 5.82 Å². The van der Waals surface area contributed by atoms with Crippen molar-refractivity contribution >= 4 is 17.7 Å². The molecule has 1 heterocycles. The van der Waals surface area contributed by atoms with Gasteiger partial charge in [-0.1, -0.05) is 72.8 Å². The van der Waals surface area contributed by atoms with Crippen LogP contribution in [0.25, 0.3) is 11.1 Å². The van der Waals surface area contributed by atoms with E-state index >= 15 is 0 Å². The number of likely N-dealkylation sites (N-methyl/N-ethyl adjacent to an activating group) is 2. The van der Waals surface area contributed by atoms with Crippen LogP contribution < -0.4 is 11.1 Å². The number of carbonyl (C=O) groups is 3. The summed E-state index contributed by atoms with van der Waals surface area (Å²) in [4.78, 5) is 46.9. The highest BCUT2D eigenvalue weighted by Crippen LogP contribution is 2.22. The van der Waals surface area contributed by atoms with Gasteiger partial charge in [-0.2, -0.15) is 0 Å². The first kappa shape index (κ1) is 37.5. The molecule has 0 spiro atoms. The van der Waals surface area contributed by atoms with Crippen LogP contribution in [-0.2, 0) is 27.2 Å². The zero-order valence-electron chi connectivity index (χ0n) is 29.6.